The lowest BCUT2D eigenvalue weighted by molar-refractivity contribution is 0.360. The minimum absolute atomic E-state index is 0.369. The van der Waals surface area contributed by atoms with Gasteiger partial charge in [-0.3, -0.25) is 0 Å². The summed E-state index contributed by atoms with van der Waals surface area (Å²) in [5.74, 6) is 0. The van der Waals surface area contributed by atoms with E-state index in [4.69, 9.17) is 0 Å². The van der Waals surface area contributed by atoms with Crippen LogP contribution in [0.4, 0.5) is 0 Å². The van der Waals surface area contributed by atoms with E-state index in [1.165, 1.54) is 31.4 Å². The zero-order valence-electron chi connectivity index (χ0n) is 9.22. The van der Waals surface area contributed by atoms with E-state index in [1.807, 2.05) is 0 Å². The highest BCUT2D eigenvalue weighted by atomic mass is 79.9. The lowest BCUT2D eigenvalue weighted by Crippen LogP contribution is -2.41. The van der Waals surface area contributed by atoms with Crippen molar-refractivity contribution in [1.29, 1.82) is 0 Å². The summed E-state index contributed by atoms with van der Waals surface area (Å²) in [7, 11) is 0. The second-order valence-corrected chi connectivity index (χ2v) is 5.38. The molecule has 1 unspecified atom stereocenters. The first-order valence-electron chi connectivity index (χ1n) is 5.74. The minimum atomic E-state index is 0.369. The number of rotatable bonds is 3. The fraction of sp³-hybridized carbons (Fsp3) is 0.538. The molecule has 1 aliphatic heterocycles. The van der Waals surface area contributed by atoms with Crippen molar-refractivity contribution in [2.24, 2.45) is 0 Å². The topological polar surface area (TPSA) is 12.0 Å². The molecule has 1 N–H and O–H groups in total. The number of hydrogen-bond donors (Lipinski definition) is 1. The molecule has 2 heteroatoms. The highest BCUT2D eigenvalue weighted by Gasteiger charge is 2.31. The molecule has 15 heavy (non-hydrogen) atoms. The maximum atomic E-state index is 3.67. The third-order valence-electron chi connectivity index (χ3n) is 3.46. The van der Waals surface area contributed by atoms with Crippen molar-refractivity contribution >= 4 is 15.9 Å². The van der Waals surface area contributed by atoms with Gasteiger partial charge in [0.1, 0.15) is 0 Å². The Morgan fingerprint density at radius 3 is 2.60 bits per heavy atom. The van der Waals surface area contributed by atoms with E-state index in [1.54, 1.807) is 0 Å². The highest BCUT2D eigenvalue weighted by Crippen LogP contribution is 2.27. The second kappa shape index (κ2) is 4.67. The molecule has 0 amide bonds. The second-order valence-electron chi connectivity index (χ2n) is 4.47. The molecule has 0 aliphatic carbocycles. The van der Waals surface area contributed by atoms with Crippen molar-refractivity contribution in [3.8, 4) is 0 Å². The summed E-state index contributed by atoms with van der Waals surface area (Å²) in [5.41, 5.74) is 1.81. The van der Waals surface area contributed by atoms with Crippen molar-refractivity contribution in [2.45, 2.75) is 38.1 Å². The molecule has 82 valence electrons. The molecule has 1 fully saturated rings. The summed E-state index contributed by atoms with van der Waals surface area (Å²) < 4.78 is 1.16. The van der Waals surface area contributed by atoms with Crippen molar-refractivity contribution in [3.63, 3.8) is 0 Å². The number of nitrogens with one attached hydrogen (secondary N) is 1. The van der Waals surface area contributed by atoms with Crippen LogP contribution in [-0.2, 0) is 6.42 Å². The fourth-order valence-electron chi connectivity index (χ4n) is 2.44. The van der Waals surface area contributed by atoms with Crippen LogP contribution < -0.4 is 5.32 Å². The molecule has 1 atom stereocenters. The van der Waals surface area contributed by atoms with E-state index in [-0.39, 0.29) is 0 Å². The monoisotopic (exact) mass is 267 g/mol. The van der Waals surface area contributed by atoms with Gasteiger partial charge in [0.05, 0.1) is 0 Å². The lowest BCUT2D eigenvalue weighted by atomic mass is 9.87. The van der Waals surface area contributed by atoms with Crippen LogP contribution in [0, 0.1) is 0 Å². The molecule has 0 aromatic heterocycles. The van der Waals surface area contributed by atoms with Crippen molar-refractivity contribution in [2.75, 3.05) is 6.54 Å². The van der Waals surface area contributed by atoms with E-state index < -0.39 is 0 Å². The minimum Gasteiger partial charge on any atom is -0.311 e. The predicted molar refractivity (Wildman–Crippen MR) is 68.1 cm³/mol. The third kappa shape index (κ3) is 2.61. The molecular formula is C13H18BrN. The van der Waals surface area contributed by atoms with E-state index in [0.29, 0.717) is 5.54 Å². The summed E-state index contributed by atoms with van der Waals surface area (Å²) in [5, 5.41) is 3.67. The molecular weight excluding hydrogens is 250 g/mol. The average molecular weight is 268 g/mol. The van der Waals surface area contributed by atoms with Crippen LogP contribution in [0.1, 0.15) is 31.7 Å². The van der Waals surface area contributed by atoms with Gasteiger partial charge in [0.25, 0.3) is 0 Å². The molecule has 0 spiro atoms. The van der Waals surface area contributed by atoms with Gasteiger partial charge in [-0.1, -0.05) is 35.0 Å². The number of benzene rings is 1. The Labute approximate surface area is 100 Å². The Hall–Kier alpha value is -0.340. The van der Waals surface area contributed by atoms with Crippen LogP contribution in [0.2, 0.25) is 0 Å². The van der Waals surface area contributed by atoms with Gasteiger partial charge in [-0.25, -0.2) is 0 Å². The SMILES string of the molecule is CCC1(Cc2ccc(Br)cc2)CCCN1. The van der Waals surface area contributed by atoms with Crippen LogP contribution in [0.25, 0.3) is 0 Å². The highest BCUT2D eigenvalue weighted by molar-refractivity contribution is 9.10. The molecule has 1 aliphatic rings. The van der Waals surface area contributed by atoms with Crippen LogP contribution in [-0.4, -0.2) is 12.1 Å². The first-order valence-corrected chi connectivity index (χ1v) is 6.53. The summed E-state index contributed by atoms with van der Waals surface area (Å²) in [6, 6.07) is 8.71. The smallest absolute Gasteiger partial charge is 0.0219 e. The Bertz CT molecular complexity index is 312. The maximum Gasteiger partial charge on any atom is 0.0219 e. The van der Waals surface area contributed by atoms with Crippen molar-refractivity contribution in [3.05, 3.63) is 34.3 Å². The molecule has 1 aromatic carbocycles. The summed E-state index contributed by atoms with van der Waals surface area (Å²) >= 11 is 3.47. The molecule has 0 radical (unpaired) electrons. The number of halogens is 1. The van der Waals surface area contributed by atoms with Gasteiger partial charge < -0.3 is 5.32 Å². The summed E-state index contributed by atoms with van der Waals surface area (Å²) in [6.07, 6.45) is 5.03. The van der Waals surface area contributed by atoms with Crippen LogP contribution in [0.3, 0.4) is 0 Å². The molecule has 1 aromatic rings. The van der Waals surface area contributed by atoms with Crippen molar-refractivity contribution in [1.82, 2.24) is 5.32 Å². The van der Waals surface area contributed by atoms with E-state index in [2.05, 4.69) is 52.4 Å². The molecule has 0 saturated carbocycles. The molecule has 1 saturated heterocycles. The average Bonchev–Trinajstić information content (AvgIpc) is 2.71. The summed E-state index contributed by atoms with van der Waals surface area (Å²) in [6.45, 7) is 3.47. The quantitative estimate of drug-likeness (QED) is 0.884. The Morgan fingerprint density at radius 2 is 2.07 bits per heavy atom. The molecule has 2 rings (SSSR count). The van der Waals surface area contributed by atoms with Gasteiger partial charge in [0.2, 0.25) is 0 Å². The predicted octanol–water partition coefficient (Wildman–Crippen LogP) is 3.52. The molecule has 0 bridgehead atoms. The lowest BCUT2D eigenvalue weighted by Gasteiger charge is -2.28. The van der Waals surface area contributed by atoms with E-state index in [0.717, 1.165) is 10.9 Å². The maximum absolute atomic E-state index is 3.67. The molecule has 1 nitrogen and oxygen atoms in total. The van der Waals surface area contributed by atoms with E-state index >= 15 is 0 Å². The Kier molecular flexibility index (Phi) is 3.47. The number of hydrogen-bond acceptors (Lipinski definition) is 1. The first-order chi connectivity index (χ1) is 7.24. The Morgan fingerprint density at radius 1 is 1.33 bits per heavy atom. The summed E-state index contributed by atoms with van der Waals surface area (Å²) in [4.78, 5) is 0. The van der Waals surface area contributed by atoms with Crippen LogP contribution in [0.5, 0.6) is 0 Å². The first kappa shape index (κ1) is 11.2. The van der Waals surface area contributed by atoms with Crippen molar-refractivity contribution < 1.29 is 0 Å². The zero-order valence-corrected chi connectivity index (χ0v) is 10.8. The van der Waals surface area contributed by atoms with Gasteiger partial charge in [-0.15, -0.1) is 0 Å². The third-order valence-corrected chi connectivity index (χ3v) is 3.99. The van der Waals surface area contributed by atoms with E-state index in [9.17, 15) is 0 Å². The van der Waals surface area contributed by atoms with Gasteiger partial charge in [-0.05, 0) is 49.9 Å². The molecule has 1 heterocycles. The van der Waals surface area contributed by atoms with Gasteiger partial charge in [0.15, 0.2) is 0 Å². The normalized spacial score (nSPS) is 25.7. The zero-order chi connectivity index (χ0) is 10.7. The van der Waals surface area contributed by atoms with Gasteiger partial charge in [-0.2, -0.15) is 0 Å². The van der Waals surface area contributed by atoms with Crippen LogP contribution >= 0.6 is 15.9 Å². The largest absolute Gasteiger partial charge is 0.311 e. The van der Waals surface area contributed by atoms with Crippen LogP contribution in [0.15, 0.2) is 28.7 Å². The fourth-order valence-corrected chi connectivity index (χ4v) is 2.70. The Balaban J connectivity index is 2.09. The van der Waals surface area contributed by atoms with Gasteiger partial charge >= 0.3 is 0 Å². The van der Waals surface area contributed by atoms with Gasteiger partial charge in [0, 0.05) is 10.0 Å². The standard InChI is InChI=1S/C13H18BrN/c1-2-13(8-3-9-15-13)10-11-4-6-12(14)7-5-11/h4-7,15H,2-3,8-10H2,1H3.